The van der Waals surface area contributed by atoms with Crippen LogP contribution < -0.4 is 5.46 Å². The molecule has 0 aromatic heterocycles. The third kappa shape index (κ3) is 4.03. The fourth-order valence-corrected chi connectivity index (χ4v) is 6.75. The van der Waals surface area contributed by atoms with Crippen LogP contribution in [-0.2, 0) is 9.31 Å². The molecule has 7 aromatic carbocycles. The average Bonchev–Trinajstić information content (AvgIpc) is 3.26. The summed E-state index contributed by atoms with van der Waals surface area (Å²) in [6, 6.07) is 46.1. The highest BCUT2D eigenvalue weighted by Crippen LogP contribution is 2.46. The second-order valence-electron chi connectivity index (χ2n) is 12.7. The van der Waals surface area contributed by atoms with Crippen molar-refractivity contribution in [3.05, 3.63) is 127 Å². The number of hydrogen-bond donors (Lipinski definition) is 0. The number of hydrogen-bond acceptors (Lipinski definition) is 2. The van der Waals surface area contributed by atoms with Gasteiger partial charge in [0.1, 0.15) is 0 Å². The SMILES string of the molecule is CC1(C)OB(c2cc(-c3ccccc3)c3ccc4c(-c5ccccc5)cc(-c5ccccc5)c5ccc2c3c54)OC1(C)C. The molecule has 0 aliphatic carbocycles. The largest absolute Gasteiger partial charge is 0.495 e. The fourth-order valence-electron chi connectivity index (χ4n) is 6.75. The Labute approximate surface area is 253 Å². The van der Waals surface area contributed by atoms with Crippen LogP contribution in [0.5, 0.6) is 0 Å². The van der Waals surface area contributed by atoms with Gasteiger partial charge >= 0.3 is 7.12 Å². The van der Waals surface area contributed by atoms with Crippen molar-refractivity contribution in [3.8, 4) is 33.4 Å². The average molecular weight is 557 g/mol. The summed E-state index contributed by atoms with van der Waals surface area (Å²) in [5, 5.41) is 7.47. The van der Waals surface area contributed by atoms with Crippen LogP contribution in [0.4, 0.5) is 0 Å². The summed E-state index contributed by atoms with van der Waals surface area (Å²) in [6.07, 6.45) is 0. The summed E-state index contributed by atoms with van der Waals surface area (Å²) < 4.78 is 13.4. The van der Waals surface area contributed by atoms with Crippen LogP contribution in [0.25, 0.3) is 65.7 Å². The maximum absolute atomic E-state index is 6.70. The van der Waals surface area contributed by atoms with Crippen molar-refractivity contribution in [1.82, 2.24) is 0 Å². The topological polar surface area (TPSA) is 18.5 Å². The third-order valence-electron chi connectivity index (χ3n) is 9.69. The van der Waals surface area contributed by atoms with Gasteiger partial charge in [0.15, 0.2) is 0 Å². The van der Waals surface area contributed by atoms with Crippen molar-refractivity contribution in [1.29, 1.82) is 0 Å². The van der Waals surface area contributed by atoms with Gasteiger partial charge in [0.25, 0.3) is 0 Å². The summed E-state index contributed by atoms with van der Waals surface area (Å²) in [6.45, 7) is 8.50. The lowest BCUT2D eigenvalue weighted by Gasteiger charge is -2.32. The molecule has 1 fully saturated rings. The van der Waals surface area contributed by atoms with Gasteiger partial charge in [-0.05, 0) is 105 Å². The van der Waals surface area contributed by atoms with Crippen LogP contribution in [0.3, 0.4) is 0 Å². The number of benzene rings is 7. The van der Waals surface area contributed by atoms with Crippen LogP contribution in [0, 0.1) is 0 Å². The third-order valence-corrected chi connectivity index (χ3v) is 9.69. The Bertz CT molecular complexity index is 2040. The van der Waals surface area contributed by atoms with E-state index in [1.165, 1.54) is 65.7 Å². The summed E-state index contributed by atoms with van der Waals surface area (Å²) in [5.74, 6) is 0. The smallest absolute Gasteiger partial charge is 0.399 e. The first-order valence-electron chi connectivity index (χ1n) is 15.1. The van der Waals surface area contributed by atoms with Gasteiger partial charge in [-0.25, -0.2) is 0 Å². The molecule has 1 aliphatic heterocycles. The first kappa shape index (κ1) is 26.2. The van der Waals surface area contributed by atoms with E-state index in [0.29, 0.717) is 0 Å². The van der Waals surface area contributed by atoms with E-state index in [9.17, 15) is 0 Å². The molecule has 1 aliphatic rings. The van der Waals surface area contributed by atoms with Crippen molar-refractivity contribution in [2.24, 2.45) is 0 Å². The zero-order valence-corrected chi connectivity index (χ0v) is 25.0. The quantitative estimate of drug-likeness (QED) is 0.159. The first-order chi connectivity index (χ1) is 20.8. The molecule has 3 heteroatoms. The lowest BCUT2D eigenvalue weighted by Crippen LogP contribution is -2.41. The van der Waals surface area contributed by atoms with Crippen LogP contribution in [0.15, 0.2) is 127 Å². The van der Waals surface area contributed by atoms with Crippen molar-refractivity contribution >= 4 is 44.9 Å². The molecule has 0 atom stereocenters. The van der Waals surface area contributed by atoms with E-state index in [4.69, 9.17) is 9.31 Å². The maximum Gasteiger partial charge on any atom is 0.495 e. The minimum atomic E-state index is -0.473. The predicted molar refractivity (Wildman–Crippen MR) is 182 cm³/mol. The summed E-state index contributed by atoms with van der Waals surface area (Å²) in [5.41, 5.74) is 7.49. The Hall–Kier alpha value is -4.44. The molecule has 0 unspecified atom stereocenters. The van der Waals surface area contributed by atoms with Crippen molar-refractivity contribution in [2.75, 3.05) is 0 Å². The summed E-state index contributed by atoms with van der Waals surface area (Å²) in [7, 11) is -0.473. The second kappa shape index (κ2) is 9.54. The molecule has 0 amide bonds. The monoisotopic (exact) mass is 556 g/mol. The molecule has 8 rings (SSSR count). The van der Waals surface area contributed by atoms with E-state index in [1.54, 1.807) is 0 Å². The Kier molecular flexibility index (Phi) is 5.81. The van der Waals surface area contributed by atoms with Gasteiger partial charge in [-0.15, -0.1) is 0 Å². The van der Waals surface area contributed by atoms with Gasteiger partial charge in [-0.2, -0.15) is 0 Å². The predicted octanol–water partition coefficient (Wildman–Crippen LogP) is 9.88. The lowest BCUT2D eigenvalue weighted by atomic mass is 9.72. The van der Waals surface area contributed by atoms with Gasteiger partial charge in [0.05, 0.1) is 11.2 Å². The van der Waals surface area contributed by atoms with Gasteiger partial charge in [-0.1, -0.05) is 121 Å². The lowest BCUT2D eigenvalue weighted by molar-refractivity contribution is 0.00578. The van der Waals surface area contributed by atoms with Crippen molar-refractivity contribution in [2.45, 2.75) is 38.9 Å². The molecular formula is C40H33BO2. The van der Waals surface area contributed by atoms with Crippen LogP contribution in [0.2, 0.25) is 0 Å². The zero-order chi connectivity index (χ0) is 29.3. The van der Waals surface area contributed by atoms with E-state index in [2.05, 4.69) is 155 Å². The Morgan fingerprint density at radius 3 is 1.19 bits per heavy atom. The summed E-state index contributed by atoms with van der Waals surface area (Å²) >= 11 is 0. The van der Waals surface area contributed by atoms with E-state index in [-0.39, 0.29) is 0 Å². The Morgan fingerprint density at radius 1 is 0.419 bits per heavy atom. The van der Waals surface area contributed by atoms with Crippen LogP contribution in [0.1, 0.15) is 27.7 Å². The standard InChI is InChI=1S/C40H33BO2/c1-39(2)40(3,4)43-41(42-39)36-25-35(28-18-12-7-13-19-28)31-21-20-29-33(26-14-8-5-9-15-26)24-34(27-16-10-6-11-17-27)30-22-23-32(36)38(31)37(29)30/h5-25H,1-4H3. The van der Waals surface area contributed by atoms with Crippen molar-refractivity contribution in [3.63, 3.8) is 0 Å². The Balaban J connectivity index is 1.54. The molecule has 7 aromatic rings. The van der Waals surface area contributed by atoms with Gasteiger partial charge in [0, 0.05) is 0 Å². The van der Waals surface area contributed by atoms with E-state index in [0.717, 1.165) is 5.46 Å². The molecule has 1 saturated heterocycles. The van der Waals surface area contributed by atoms with E-state index >= 15 is 0 Å². The van der Waals surface area contributed by atoms with Gasteiger partial charge in [-0.3, -0.25) is 0 Å². The molecular weight excluding hydrogens is 523 g/mol. The minimum absolute atomic E-state index is 0.435. The first-order valence-corrected chi connectivity index (χ1v) is 15.1. The molecule has 0 radical (unpaired) electrons. The highest BCUT2D eigenvalue weighted by Gasteiger charge is 2.52. The zero-order valence-electron chi connectivity index (χ0n) is 25.0. The van der Waals surface area contributed by atoms with Crippen molar-refractivity contribution < 1.29 is 9.31 Å². The molecule has 0 saturated carbocycles. The summed E-state index contributed by atoms with van der Waals surface area (Å²) in [4.78, 5) is 0. The molecule has 208 valence electrons. The molecule has 0 spiro atoms. The fraction of sp³-hybridized carbons (Fsp3) is 0.150. The molecule has 0 bridgehead atoms. The highest BCUT2D eigenvalue weighted by atomic mass is 16.7. The molecule has 43 heavy (non-hydrogen) atoms. The van der Waals surface area contributed by atoms with Crippen LogP contribution >= 0.6 is 0 Å². The maximum atomic E-state index is 6.70. The normalized spacial score (nSPS) is 16.0. The van der Waals surface area contributed by atoms with Gasteiger partial charge < -0.3 is 9.31 Å². The number of rotatable bonds is 4. The second-order valence-corrected chi connectivity index (χ2v) is 12.7. The van der Waals surface area contributed by atoms with E-state index < -0.39 is 18.3 Å². The minimum Gasteiger partial charge on any atom is -0.399 e. The molecule has 2 nitrogen and oxygen atoms in total. The Morgan fingerprint density at radius 2 is 0.767 bits per heavy atom. The molecule has 0 N–H and O–H groups in total. The highest BCUT2D eigenvalue weighted by molar-refractivity contribution is 6.66. The van der Waals surface area contributed by atoms with Gasteiger partial charge in [0.2, 0.25) is 0 Å². The van der Waals surface area contributed by atoms with E-state index in [1.807, 2.05) is 0 Å². The molecule has 1 heterocycles. The van der Waals surface area contributed by atoms with Crippen LogP contribution in [-0.4, -0.2) is 18.3 Å².